The van der Waals surface area contributed by atoms with Crippen LogP contribution in [0.3, 0.4) is 0 Å². The third-order valence-corrected chi connectivity index (χ3v) is 4.80. The van der Waals surface area contributed by atoms with Crippen LogP contribution in [0.15, 0.2) is 24.3 Å². The number of carbonyl (C=O) groups excluding carboxylic acids is 2. The van der Waals surface area contributed by atoms with Crippen LogP contribution >= 0.6 is 0 Å². The third-order valence-electron chi connectivity index (χ3n) is 4.80. The smallest absolute Gasteiger partial charge is 0.246 e. The van der Waals surface area contributed by atoms with Crippen LogP contribution in [0.4, 0.5) is 5.69 Å². The molecular formula is C19H28N2O3. The second kappa shape index (κ2) is 8.18. The van der Waals surface area contributed by atoms with Gasteiger partial charge in [0, 0.05) is 17.6 Å². The van der Waals surface area contributed by atoms with Gasteiger partial charge >= 0.3 is 0 Å². The van der Waals surface area contributed by atoms with Crippen molar-refractivity contribution < 1.29 is 14.3 Å². The first-order valence-corrected chi connectivity index (χ1v) is 8.71. The molecule has 0 aromatic heterocycles. The molecule has 1 aliphatic carbocycles. The monoisotopic (exact) mass is 332 g/mol. The molecular weight excluding hydrogens is 304 g/mol. The van der Waals surface area contributed by atoms with E-state index in [0.29, 0.717) is 5.92 Å². The highest BCUT2D eigenvalue weighted by Gasteiger charge is 2.35. The Kier molecular flexibility index (Phi) is 6.23. The van der Waals surface area contributed by atoms with Gasteiger partial charge in [0.15, 0.2) is 0 Å². The van der Waals surface area contributed by atoms with Crippen LogP contribution in [-0.2, 0) is 9.59 Å². The molecule has 1 aliphatic rings. The first kappa shape index (κ1) is 18.3. The van der Waals surface area contributed by atoms with Crippen LogP contribution < -0.4 is 15.0 Å². The Labute approximate surface area is 144 Å². The number of nitrogens with one attached hydrogen (secondary N) is 1. The molecule has 132 valence electrons. The minimum atomic E-state index is -0.0758. The van der Waals surface area contributed by atoms with Crippen LogP contribution in [-0.4, -0.2) is 31.5 Å². The molecule has 0 radical (unpaired) electrons. The predicted octanol–water partition coefficient (Wildman–Crippen LogP) is 2.99. The zero-order valence-corrected chi connectivity index (χ0v) is 15.0. The lowest BCUT2D eigenvalue weighted by molar-refractivity contribution is -0.127. The molecule has 2 amide bonds. The van der Waals surface area contributed by atoms with Gasteiger partial charge in [-0.3, -0.25) is 9.59 Å². The number of hydrogen-bond acceptors (Lipinski definition) is 3. The van der Waals surface area contributed by atoms with E-state index in [-0.39, 0.29) is 30.3 Å². The summed E-state index contributed by atoms with van der Waals surface area (Å²) >= 11 is 0. The zero-order chi connectivity index (χ0) is 17.7. The van der Waals surface area contributed by atoms with E-state index in [0.717, 1.165) is 30.7 Å². The van der Waals surface area contributed by atoms with Crippen LogP contribution in [0.25, 0.3) is 0 Å². The minimum absolute atomic E-state index is 0.0340. The highest BCUT2D eigenvalue weighted by Crippen LogP contribution is 2.37. The van der Waals surface area contributed by atoms with Crippen molar-refractivity contribution in [2.45, 2.75) is 46.1 Å². The van der Waals surface area contributed by atoms with Gasteiger partial charge in [-0.2, -0.15) is 0 Å². The van der Waals surface area contributed by atoms with E-state index in [4.69, 9.17) is 4.74 Å². The summed E-state index contributed by atoms with van der Waals surface area (Å²) < 4.78 is 5.19. The molecule has 2 atom stereocenters. The molecule has 24 heavy (non-hydrogen) atoms. The summed E-state index contributed by atoms with van der Waals surface area (Å²) in [6.45, 7) is 5.95. The van der Waals surface area contributed by atoms with Gasteiger partial charge in [-0.25, -0.2) is 0 Å². The summed E-state index contributed by atoms with van der Waals surface area (Å²) in [6, 6.07) is 7.63. The second-order valence-electron chi connectivity index (χ2n) is 6.57. The van der Waals surface area contributed by atoms with Crippen molar-refractivity contribution in [1.29, 1.82) is 0 Å². The highest BCUT2D eigenvalue weighted by atomic mass is 16.5. The maximum atomic E-state index is 12.8. The van der Waals surface area contributed by atoms with E-state index >= 15 is 0 Å². The molecule has 1 fully saturated rings. The summed E-state index contributed by atoms with van der Waals surface area (Å²) in [5, 5.41) is 2.77. The maximum Gasteiger partial charge on any atom is 0.246 e. The highest BCUT2D eigenvalue weighted by molar-refractivity contribution is 5.97. The second-order valence-corrected chi connectivity index (χ2v) is 6.57. The number of anilines is 1. The van der Waals surface area contributed by atoms with Crippen LogP contribution in [0.5, 0.6) is 5.75 Å². The fourth-order valence-electron chi connectivity index (χ4n) is 2.75. The molecule has 0 saturated heterocycles. The molecule has 0 spiro atoms. The summed E-state index contributed by atoms with van der Waals surface area (Å²) in [6.07, 6.45) is 3.07. The molecule has 0 unspecified atom stereocenters. The van der Waals surface area contributed by atoms with Crippen LogP contribution in [0.2, 0.25) is 0 Å². The number of benzene rings is 1. The molecule has 5 heteroatoms. The predicted molar refractivity (Wildman–Crippen MR) is 95.1 cm³/mol. The van der Waals surface area contributed by atoms with E-state index in [9.17, 15) is 9.59 Å². The zero-order valence-electron chi connectivity index (χ0n) is 15.0. The van der Waals surface area contributed by atoms with Crippen molar-refractivity contribution in [2.24, 2.45) is 11.8 Å². The molecule has 0 bridgehead atoms. The van der Waals surface area contributed by atoms with Gasteiger partial charge in [-0.1, -0.05) is 13.8 Å². The van der Waals surface area contributed by atoms with Gasteiger partial charge in [0.25, 0.3) is 0 Å². The van der Waals surface area contributed by atoms with E-state index in [2.05, 4.69) is 12.2 Å². The Morgan fingerprint density at radius 3 is 2.38 bits per heavy atom. The van der Waals surface area contributed by atoms with Crippen molar-refractivity contribution in [2.75, 3.05) is 18.6 Å². The average Bonchev–Trinajstić information content (AvgIpc) is 3.44. The first-order valence-electron chi connectivity index (χ1n) is 8.71. The summed E-state index contributed by atoms with van der Waals surface area (Å²) in [5.41, 5.74) is 0.845. The fraction of sp³-hybridized carbons (Fsp3) is 0.579. The fourth-order valence-corrected chi connectivity index (χ4v) is 2.75. The number of nitrogens with zero attached hydrogens (tertiary/aromatic N) is 1. The van der Waals surface area contributed by atoms with E-state index in [1.165, 1.54) is 0 Å². The van der Waals surface area contributed by atoms with Crippen molar-refractivity contribution in [1.82, 2.24) is 5.32 Å². The topological polar surface area (TPSA) is 58.6 Å². The Morgan fingerprint density at radius 2 is 1.88 bits per heavy atom. The third kappa shape index (κ3) is 4.49. The number of hydrogen-bond donors (Lipinski definition) is 1. The lowest BCUT2D eigenvalue weighted by Crippen LogP contribution is -2.46. The van der Waals surface area contributed by atoms with Gasteiger partial charge in [-0.05, 0) is 56.4 Å². The molecule has 1 aromatic carbocycles. The lowest BCUT2D eigenvalue weighted by Gasteiger charge is -2.30. The van der Waals surface area contributed by atoms with Crippen molar-refractivity contribution >= 4 is 17.5 Å². The molecule has 1 N–H and O–H groups in total. The standard InChI is InChI=1S/C19H28N2O3/c1-5-13(2)19(23)20-12-18(22)21(14(3)15-6-7-15)16-8-10-17(24-4)11-9-16/h8-11,13-15H,5-7,12H2,1-4H3,(H,20,23)/t13-,14-/m1/s1. The van der Waals surface area contributed by atoms with Crippen LogP contribution in [0, 0.1) is 11.8 Å². The number of amides is 2. The van der Waals surface area contributed by atoms with Gasteiger partial charge < -0.3 is 15.0 Å². The molecule has 5 nitrogen and oxygen atoms in total. The van der Waals surface area contributed by atoms with E-state index in [1.807, 2.05) is 43.0 Å². The van der Waals surface area contributed by atoms with E-state index < -0.39 is 0 Å². The summed E-state index contributed by atoms with van der Waals surface area (Å²) in [7, 11) is 1.62. The number of methoxy groups -OCH3 is 1. The minimum Gasteiger partial charge on any atom is -0.497 e. The first-order chi connectivity index (χ1) is 11.5. The Balaban J connectivity index is 2.10. The maximum absolute atomic E-state index is 12.8. The van der Waals surface area contributed by atoms with Gasteiger partial charge in [0.1, 0.15) is 5.75 Å². The van der Waals surface area contributed by atoms with Gasteiger partial charge in [-0.15, -0.1) is 0 Å². The van der Waals surface area contributed by atoms with E-state index in [1.54, 1.807) is 7.11 Å². The van der Waals surface area contributed by atoms with Crippen molar-refractivity contribution in [3.8, 4) is 5.75 Å². The largest absolute Gasteiger partial charge is 0.497 e. The quantitative estimate of drug-likeness (QED) is 0.796. The molecule has 2 rings (SSSR count). The molecule has 1 saturated carbocycles. The summed E-state index contributed by atoms with van der Waals surface area (Å²) in [5.74, 6) is 1.08. The molecule has 0 heterocycles. The average molecular weight is 332 g/mol. The van der Waals surface area contributed by atoms with Crippen molar-refractivity contribution in [3.05, 3.63) is 24.3 Å². The Bertz CT molecular complexity index is 566. The lowest BCUT2D eigenvalue weighted by atomic mass is 10.1. The number of ether oxygens (including phenoxy) is 1. The number of rotatable bonds is 8. The summed E-state index contributed by atoms with van der Waals surface area (Å²) in [4.78, 5) is 26.5. The van der Waals surface area contributed by atoms with Crippen LogP contribution in [0.1, 0.15) is 40.0 Å². The van der Waals surface area contributed by atoms with Gasteiger partial charge in [0.05, 0.1) is 13.7 Å². The molecule has 0 aliphatic heterocycles. The normalized spacial score (nSPS) is 16.2. The van der Waals surface area contributed by atoms with Gasteiger partial charge in [0.2, 0.25) is 11.8 Å². The number of carbonyl (C=O) groups is 2. The Hall–Kier alpha value is -2.04. The molecule has 1 aromatic rings. The van der Waals surface area contributed by atoms with Crippen molar-refractivity contribution in [3.63, 3.8) is 0 Å². The Morgan fingerprint density at radius 1 is 1.25 bits per heavy atom. The SMILES string of the molecule is CC[C@@H](C)C(=O)NCC(=O)N(c1ccc(OC)cc1)[C@H](C)C1CC1.